The van der Waals surface area contributed by atoms with Gasteiger partial charge in [0.15, 0.2) is 0 Å². The van der Waals surface area contributed by atoms with Crippen LogP contribution in [0, 0.1) is 0 Å². The van der Waals surface area contributed by atoms with Crippen LogP contribution >= 0.6 is 0 Å². The van der Waals surface area contributed by atoms with Crippen LogP contribution < -0.4 is 5.32 Å². The SMILES string of the molecule is Cn1c(NC(=O)c2ccccn2)cnc1-c1ccccc1. The highest BCUT2D eigenvalue weighted by atomic mass is 16.1. The number of nitrogens with one attached hydrogen (secondary N) is 1. The molecule has 0 aliphatic carbocycles. The Bertz CT molecular complexity index is 750. The fourth-order valence-electron chi connectivity index (χ4n) is 2.06. The standard InChI is InChI=1S/C16H14N4O/c1-20-14(19-16(21)13-9-5-6-10-17-13)11-18-15(20)12-7-3-2-4-8-12/h2-11H,1H3,(H,19,21). The van der Waals surface area contributed by atoms with Crippen molar-refractivity contribution in [1.82, 2.24) is 14.5 Å². The van der Waals surface area contributed by atoms with Crippen LogP contribution in [0.15, 0.2) is 60.9 Å². The van der Waals surface area contributed by atoms with Crippen LogP contribution in [0.2, 0.25) is 0 Å². The quantitative estimate of drug-likeness (QED) is 0.801. The van der Waals surface area contributed by atoms with E-state index in [0.29, 0.717) is 11.5 Å². The van der Waals surface area contributed by atoms with Crippen molar-refractivity contribution in [3.05, 3.63) is 66.6 Å². The van der Waals surface area contributed by atoms with E-state index in [9.17, 15) is 4.79 Å². The molecule has 1 aromatic carbocycles. The van der Waals surface area contributed by atoms with Gasteiger partial charge in [0.1, 0.15) is 17.3 Å². The number of nitrogens with zero attached hydrogens (tertiary/aromatic N) is 3. The van der Waals surface area contributed by atoms with E-state index in [2.05, 4.69) is 15.3 Å². The van der Waals surface area contributed by atoms with Gasteiger partial charge in [0.25, 0.3) is 5.91 Å². The van der Waals surface area contributed by atoms with E-state index in [-0.39, 0.29) is 5.91 Å². The molecule has 2 aromatic heterocycles. The first-order valence-corrected chi connectivity index (χ1v) is 6.55. The van der Waals surface area contributed by atoms with E-state index in [1.807, 2.05) is 41.9 Å². The molecular formula is C16H14N4O. The predicted molar refractivity (Wildman–Crippen MR) is 80.8 cm³/mol. The Labute approximate surface area is 122 Å². The van der Waals surface area contributed by atoms with E-state index in [1.165, 1.54) is 0 Å². The molecule has 0 spiro atoms. The number of hydrogen-bond acceptors (Lipinski definition) is 3. The molecular weight excluding hydrogens is 264 g/mol. The van der Waals surface area contributed by atoms with Crippen molar-refractivity contribution >= 4 is 11.7 Å². The Morgan fingerprint density at radius 1 is 1.05 bits per heavy atom. The first-order chi connectivity index (χ1) is 10.3. The lowest BCUT2D eigenvalue weighted by atomic mass is 10.2. The molecule has 0 bridgehead atoms. The summed E-state index contributed by atoms with van der Waals surface area (Å²) >= 11 is 0. The molecule has 0 fully saturated rings. The van der Waals surface area contributed by atoms with Crippen LogP contribution in [0.3, 0.4) is 0 Å². The molecule has 0 radical (unpaired) electrons. The molecule has 1 amide bonds. The lowest BCUT2D eigenvalue weighted by Crippen LogP contribution is -2.15. The average molecular weight is 278 g/mol. The number of carbonyl (C=O) groups is 1. The van der Waals surface area contributed by atoms with E-state index in [0.717, 1.165) is 11.4 Å². The summed E-state index contributed by atoms with van der Waals surface area (Å²) in [6, 6.07) is 15.0. The molecule has 0 unspecified atom stereocenters. The predicted octanol–water partition coefficient (Wildman–Crippen LogP) is 2.73. The molecule has 0 aliphatic heterocycles. The summed E-state index contributed by atoms with van der Waals surface area (Å²) in [5.74, 6) is 1.18. The monoisotopic (exact) mass is 278 g/mol. The maximum Gasteiger partial charge on any atom is 0.275 e. The number of aromatic nitrogens is 3. The zero-order chi connectivity index (χ0) is 14.7. The Morgan fingerprint density at radius 3 is 2.52 bits per heavy atom. The van der Waals surface area contributed by atoms with Gasteiger partial charge in [-0.05, 0) is 12.1 Å². The molecule has 104 valence electrons. The number of anilines is 1. The van der Waals surface area contributed by atoms with E-state index in [4.69, 9.17) is 0 Å². The smallest absolute Gasteiger partial charge is 0.275 e. The third-order valence-corrected chi connectivity index (χ3v) is 3.16. The molecule has 0 saturated heterocycles. The van der Waals surface area contributed by atoms with E-state index < -0.39 is 0 Å². The van der Waals surface area contributed by atoms with Crippen LogP contribution in [0.4, 0.5) is 5.82 Å². The van der Waals surface area contributed by atoms with Gasteiger partial charge in [-0.3, -0.25) is 9.78 Å². The summed E-state index contributed by atoms with van der Waals surface area (Å²) in [4.78, 5) is 20.5. The van der Waals surface area contributed by atoms with E-state index >= 15 is 0 Å². The van der Waals surface area contributed by atoms with Gasteiger partial charge in [-0.1, -0.05) is 36.4 Å². The van der Waals surface area contributed by atoms with Gasteiger partial charge >= 0.3 is 0 Å². The number of amides is 1. The second kappa shape index (κ2) is 5.58. The molecule has 0 atom stereocenters. The summed E-state index contributed by atoms with van der Waals surface area (Å²) in [5, 5.41) is 2.82. The molecule has 5 nitrogen and oxygen atoms in total. The normalized spacial score (nSPS) is 10.3. The maximum absolute atomic E-state index is 12.1. The first kappa shape index (κ1) is 13.1. The lowest BCUT2D eigenvalue weighted by molar-refractivity contribution is 0.102. The van der Waals surface area contributed by atoms with Crippen molar-refractivity contribution in [3.8, 4) is 11.4 Å². The highest BCUT2D eigenvalue weighted by molar-refractivity contribution is 6.02. The Hall–Kier alpha value is -2.95. The summed E-state index contributed by atoms with van der Waals surface area (Å²) < 4.78 is 1.84. The molecule has 0 aliphatic rings. The molecule has 2 heterocycles. The van der Waals surface area contributed by atoms with Crippen LogP contribution in [0.25, 0.3) is 11.4 Å². The van der Waals surface area contributed by atoms with Gasteiger partial charge in [-0.2, -0.15) is 0 Å². The second-order valence-corrected chi connectivity index (χ2v) is 4.56. The highest BCUT2D eigenvalue weighted by Gasteiger charge is 2.12. The van der Waals surface area contributed by atoms with Crippen LogP contribution in [0.5, 0.6) is 0 Å². The zero-order valence-corrected chi connectivity index (χ0v) is 11.5. The molecule has 1 N–H and O–H groups in total. The number of hydrogen-bond donors (Lipinski definition) is 1. The molecule has 21 heavy (non-hydrogen) atoms. The van der Waals surface area contributed by atoms with Gasteiger partial charge < -0.3 is 9.88 Å². The van der Waals surface area contributed by atoms with Crippen molar-refractivity contribution in [2.75, 3.05) is 5.32 Å². The third-order valence-electron chi connectivity index (χ3n) is 3.16. The van der Waals surface area contributed by atoms with Crippen molar-refractivity contribution in [3.63, 3.8) is 0 Å². The van der Waals surface area contributed by atoms with Crippen LogP contribution in [0.1, 0.15) is 10.5 Å². The van der Waals surface area contributed by atoms with Gasteiger partial charge in [0.05, 0.1) is 6.20 Å². The van der Waals surface area contributed by atoms with Crippen molar-refractivity contribution < 1.29 is 4.79 Å². The minimum Gasteiger partial charge on any atom is -0.314 e. The van der Waals surface area contributed by atoms with Crippen molar-refractivity contribution in [2.24, 2.45) is 7.05 Å². The Balaban J connectivity index is 1.85. The maximum atomic E-state index is 12.1. The highest BCUT2D eigenvalue weighted by Crippen LogP contribution is 2.20. The fourth-order valence-corrected chi connectivity index (χ4v) is 2.06. The summed E-state index contributed by atoms with van der Waals surface area (Å²) in [5.41, 5.74) is 1.37. The topological polar surface area (TPSA) is 59.8 Å². The van der Waals surface area contributed by atoms with Crippen molar-refractivity contribution in [1.29, 1.82) is 0 Å². The van der Waals surface area contributed by atoms with Crippen LogP contribution in [-0.2, 0) is 7.05 Å². The third kappa shape index (κ3) is 2.67. The Morgan fingerprint density at radius 2 is 1.81 bits per heavy atom. The number of carbonyl (C=O) groups excluding carboxylic acids is 1. The number of rotatable bonds is 3. The molecule has 3 rings (SSSR count). The Kier molecular flexibility index (Phi) is 3.47. The first-order valence-electron chi connectivity index (χ1n) is 6.55. The summed E-state index contributed by atoms with van der Waals surface area (Å²) in [6.45, 7) is 0. The number of pyridine rings is 1. The van der Waals surface area contributed by atoms with Gasteiger partial charge in [-0.25, -0.2) is 4.98 Å². The molecule has 3 aromatic rings. The van der Waals surface area contributed by atoms with Crippen LogP contribution in [-0.4, -0.2) is 20.4 Å². The van der Waals surface area contributed by atoms with Gasteiger partial charge in [0.2, 0.25) is 0 Å². The summed E-state index contributed by atoms with van der Waals surface area (Å²) in [7, 11) is 1.86. The minimum atomic E-state index is -0.252. The van der Waals surface area contributed by atoms with E-state index in [1.54, 1.807) is 30.6 Å². The second-order valence-electron chi connectivity index (χ2n) is 4.56. The zero-order valence-electron chi connectivity index (χ0n) is 11.5. The summed E-state index contributed by atoms with van der Waals surface area (Å²) in [6.07, 6.45) is 3.23. The molecule has 5 heteroatoms. The van der Waals surface area contributed by atoms with Gasteiger partial charge in [0, 0.05) is 18.8 Å². The fraction of sp³-hybridized carbons (Fsp3) is 0.0625. The number of benzene rings is 1. The van der Waals surface area contributed by atoms with Crippen molar-refractivity contribution in [2.45, 2.75) is 0 Å². The average Bonchev–Trinajstić information content (AvgIpc) is 2.90. The molecule has 0 saturated carbocycles. The lowest BCUT2D eigenvalue weighted by Gasteiger charge is -2.07. The largest absolute Gasteiger partial charge is 0.314 e. The van der Waals surface area contributed by atoms with Gasteiger partial charge in [-0.15, -0.1) is 0 Å². The minimum absolute atomic E-state index is 0.252. The number of imidazole rings is 1.